The Hall–Kier alpha value is -2.20. The van der Waals surface area contributed by atoms with Gasteiger partial charge in [0.1, 0.15) is 11.3 Å². The molecule has 0 saturated carbocycles. The Morgan fingerprint density at radius 1 is 1.09 bits per heavy atom. The van der Waals surface area contributed by atoms with Crippen LogP contribution in [-0.2, 0) is 6.42 Å². The first-order valence-electron chi connectivity index (χ1n) is 8.41. The molecule has 1 unspecified atom stereocenters. The zero-order valence-corrected chi connectivity index (χ0v) is 13.5. The van der Waals surface area contributed by atoms with Gasteiger partial charge in [0.25, 0.3) is 0 Å². The number of nitrogens with zero attached hydrogens (tertiary/aromatic N) is 4. The van der Waals surface area contributed by atoms with Gasteiger partial charge in [0.05, 0.1) is 0 Å². The highest BCUT2D eigenvalue weighted by Gasteiger charge is 2.23. The molecule has 23 heavy (non-hydrogen) atoms. The number of imidazole rings is 1. The fourth-order valence-electron chi connectivity index (χ4n) is 3.56. The Balaban J connectivity index is 1.79. The van der Waals surface area contributed by atoms with Gasteiger partial charge in [0.15, 0.2) is 5.65 Å². The number of hydrogen-bond acceptors (Lipinski definition) is 3. The minimum Gasteiger partial charge on any atom is -0.303 e. The van der Waals surface area contributed by atoms with Crippen molar-refractivity contribution in [3.05, 3.63) is 54.5 Å². The van der Waals surface area contributed by atoms with Crippen molar-refractivity contribution in [3.63, 3.8) is 0 Å². The van der Waals surface area contributed by atoms with Crippen LogP contribution in [0, 0.1) is 0 Å². The molecule has 1 atom stereocenters. The van der Waals surface area contributed by atoms with E-state index in [9.17, 15) is 0 Å². The average Bonchev–Trinajstić information content (AvgIpc) is 2.95. The Morgan fingerprint density at radius 3 is 2.78 bits per heavy atom. The van der Waals surface area contributed by atoms with Crippen LogP contribution in [0.1, 0.15) is 25.1 Å². The summed E-state index contributed by atoms with van der Waals surface area (Å²) in [5, 5.41) is 0. The second kappa shape index (κ2) is 6.13. The highest BCUT2D eigenvalue weighted by atomic mass is 15.2. The van der Waals surface area contributed by atoms with E-state index < -0.39 is 0 Å². The fraction of sp³-hybridized carbons (Fsp3) is 0.368. The molecular weight excluding hydrogens is 284 g/mol. The normalized spacial score (nSPS) is 19.3. The van der Waals surface area contributed by atoms with Gasteiger partial charge in [-0.1, -0.05) is 24.6 Å². The molecule has 0 N–H and O–H groups in total. The van der Waals surface area contributed by atoms with Crippen LogP contribution in [0.4, 0.5) is 0 Å². The summed E-state index contributed by atoms with van der Waals surface area (Å²) in [6.45, 7) is 1.19. The molecular formula is C19H22N4. The topological polar surface area (TPSA) is 34.0 Å². The fourth-order valence-corrected chi connectivity index (χ4v) is 3.56. The lowest BCUT2D eigenvalue weighted by Crippen LogP contribution is -2.38. The number of rotatable bonds is 3. The molecule has 1 aliphatic rings. The number of piperidine rings is 1. The Morgan fingerprint density at radius 2 is 1.96 bits per heavy atom. The molecule has 1 aliphatic heterocycles. The third-order valence-electron chi connectivity index (χ3n) is 4.84. The predicted octanol–water partition coefficient (Wildman–Crippen LogP) is 3.45. The first kappa shape index (κ1) is 14.4. The molecule has 0 aliphatic carbocycles. The maximum Gasteiger partial charge on any atom is 0.164 e. The third-order valence-corrected chi connectivity index (χ3v) is 4.84. The molecule has 4 rings (SSSR count). The minimum atomic E-state index is 0.572. The van der Waals surface area contributed by atoms with Gasteiger partial charge in [-0.25, -0.2) is 9.97 Å². The monoisotopic (exact) mass is 306 g/mol. The van der Waals surface area contributed by atoms with Crippen molar-refractivity contribution >= 4 is 11.2 Å². The average molecular weight is 306 g/mol. The highest BCUT2D eigenvalue weighted by molar-refractivity contribution is 5.73. The molecule has 118 valence electrons. The molecule has 3 aromatic rings. The van der Waals surface area contributed by atoms with Crippen LogP contribution in [0.5, 0.6) is 0 Å². The van der Waals surface area contributed by atoms with Gasteiger partial charge < -0.3 is 4.90 Å². The highest BCUT2D eigenvalue weighted by Crippen LogP contribution is 2.24. The molecule has 1 fully saturated rings. The number of fused-ring (bicyclic) bond motifs is 1. The molecule has 3 heterocycles. The SMILES string of the molecule is CN1CCCCC1Cc1nc2cccnc2n1-c1ccccc1. The maximum absolute atomic E-state index is 4.89. The van der Waals surface area contributed by atoms with E-state index in [0.717, 1.165) is 29.1 Å². The van der Waals surface area contributed by atoms with Crippen LogP contribution in [0.2, 0.25) is 0 Å². The molecule has 4 nitrogen and oxygen atoms in total. The smallest absolute Gasteiger partial charge is 0.164 e. The molecule has 0 bridgehead atoms. The van der Waals surface area contributed by atoms with E-state index in [2.05, 4.69) is 51.8 Å². The molecule has 2 aromatic heterocycles. The molecule has 0 spiro atoms. The van der Waals surface area contributed by atoms with Crippen molar-refractivity contribution in [3.8, 4) is 5.69 Å². The number of likely N-dealkylation sites (N-methyl/N-ethyl adjacent to an activating group) is 1. The quantitative estimate of drug-likeness (QED) is 0.743. The second-order valence-corrected chi connectivity index (χ2v) is 6.38. The molecule has 1 aromatic carbocycles. The van der Waals surface area contributed by atoms with Gasteiger partial charge in [-0.2, -0.15) is 0 Å². The Labute approximate surface area is 136 Å². The van der Waals surface area contributed by atoms with E-state index in [-0.39, 0.29) is 0 Å². The van der Waals surface area contributed by atoms with Gasteiger partial charge in [-0.3, -0.25) is 4.57 Å². The van der Waals surface area contributed by atoms with Crippen LogP contribution in [-0.4, -0.2) is 39.1 Å². The predicted molar refractivity (Wildman–Crippen MR) is 92.8 cm³/mol. The van der Waals surface area contributed by atoms with Crippen LogP contribution in [0.15, 0.2) is 48.7 Å². The lowest BCUT2D eigenvalue weighted by molar-refractivity contribution is 0.182. The van der Waals surface area contributed by atoms with Gasteiger partial charge in [0.2, 0.25) is 0 Å². The van der Waals surface area contributed by atoms with E-state index in [0.29, 0.717) is 6.04 Å². The molecule has 1 saturated heterocycles. The first-order chi connectivity index (χ1) is 11.3. The van der Waals surface area contributed by atoms with Crippen molar-refractivity contribution in [1.82, 2.24) is 19.4 Å². The number of pyridine rings is 1. The third kappa shape index (κ3) is 2.75. The summed E-state index contributed by atoms with van der Waals surface area (Å²) in [6.07, 6.45) is 6.70. The lowest BCUT2D eigenvalue weighted by atomic mass is 10.00. The van der Waals surface area contributed by atoms with E-state index in [1.807, 2.05) is 18.3 Å². The van der Waals surface area contributed by atoms with Crippen LogP contribution < -0.4 is 0 Å². The van der Waals surface area contributed by atoms with E-state index in [4.69, 9.17) is 4.98 Å². The zero-order valence-electron chi connectivity index (χ0n) is 13.5. The lowest BCUT2D eigenvalue weighted by Gasteiger charge is -2.32. The summed E-state index contributed by atoms with van der Waals surface area (Å²) >= 11 is 0. The summed E-state index contributed by atoms with van der Waals surface area (Å²) in [7, 11) is 2.23. The molecule has 4 heteroatoms. The zero-order chi connectivity index (χ0) is 15.6. The van der Waals surface area contributed by atoms with Gasteiger partial charge >= 0.3 is 0 Å². The van der Waals surface area contributed by atoms with Crippen LogP contribution in [0.3, 0.4) is 0 Å². The van der Waals surface area contributed by atoms with E-state index >= 15 is 0 Å². The number of aromatic nitrogens is 3. The summed E-state index contributed by atoms with van der Waals surface area (Å²) < 4.78 is 2.22. The van der Waals surface area contributed by atoms with Crippen molar-refractivity contribution in [2.24, 2.45) is 0 Å². The minimum absolute atomic E-state index is 0.572. The largest absolute Gasteiger partial charge is 0.303 e. The Kier molecular flexibility index (Phi) is 3.83. The number of hydrogen-bond donors (Lipinski definition) is 0. The van der Waals surface area contributed by atoms with Crippen molar-refractivity contribution in [1.29, 1.82) is 0 Å². The van der Waals surface area contributed by atoms with E-state index in [1.165, 1.54) is 25.8 Å². The van der Waals surface area contributed by atoms with Crippen molar-refractivity contribution in [2.75, 3.05) is 13.6 Å². The van der Waals surface area contributed by atoms with Gasteiger partial charge in [-0.05, 0) is 50.7 Å². The van der Waals surface area contributed by atoms with E-state index in [1.54, 1.807) is 0 Å². The van der Waals surface area contributed by atoms with Gasteiger partial charge in [0, 0.05) is 24.3 Å². The van der Waals surface area contributed by atoms with Gasteiger partial charge in [-0.15, -0.1) is 0 Å². The number of likely N-dealkylation sites (tertiary alicyclic amines) is 1. The molecule has 0 radical (unpaired) electrons. The summed E-state index contributed by atoms with van der Waals surface area (Å²) in [5.74, 6) is 1.11. The number of benzene rings is 1. The molecule has 0 amide bonds. The maximum atomic E-state index is 4.89. The second-order valence-electron chi connectivity index (χ2n) is 6.38. The van der Waals surface area contributed by atoms with Crippen LogP contribution in [0.25, 0.3) is 16.9 Å². The van der Waals surface area contributed by atoms with Crippen LogP contribution >= 0.6 is 0 Å². The standard InChI is InChI=1S/C19H22N4/c1-22-13-6-5-10-16(22)14-18-21-17-11-7-12-20-19(17)23(18)15-8-3-2-4-9-15/h2-4,7-9,11-12,16H,5-6,10,13-14H2,1H3. The van der Waals surface area contributed by atoms with Crippen molar-refractivity contribution < 1.29 is 0 Å². The number of para-hydroxylation sites is 1. The summed E-state index contributed by atoms with van der Waals surface area (Å²) in [5.41, 5.74) is 3.07. The first-order valence-corrected chi connectivity index (χ1v) is 8.41. The summed E-state index contributed by atoms with van der Waals surface area (Å²) in [6, 6.07) is 15.0. The summed E-state index contributed by atoms with van der Waals surface area (Å²) in [4.78, 5) is 11.9. The van der Waals surface area contributed by atoms with Crippen molar-refractivity contribution in [2.45, 2.75) is 31.7 Å². The Bertz CT molecular complexity index is 793.